The summed E-state index contributed by atoms with van der Waals surface area (Å²) in [6.07, 6.45) is 2.03. The van der Waals surface area contributed by atoms with Crippen LogP contribution < -0.4 is 15.4 Å². The van der Waals surface area contributed by atoms with Gasteiger partial charge in [0.2, 0.25) is 11.9 Å². The van der Waals surface area contributed by atoms with E-state index >= 15 is 0 Å². The molecule has 2 N–H and O–H groups in total. The van der Waals surface area contributed by atoms with E-state index in [4.69, 9.17) is 10.5 Å². The summed E-state index contributed by atoms with van der Waals surface area (Å²) in [6.45, 7) is 11.0. The molecule has 0 saturated carbocycles. The second-order valence-corrected chi connectivity index (χ2v) is 5.23. The van der Waals surface area contributed by atoms with Crippen molar-refractivity contribution in [3.05, 3.63) is 0 Å². The van der Waals surface area contributed by atoms with Crippen LogP contribution in [-0.4, -0.2) is 58.7 Å². The Morgan fingerprint density at radius 2 is 2.00 bits per heavy atom. The molecular formula is C14H26N6O. The number of likely N-dealkylation sites (N-methyl/N-ethyl adjacent to an activating group) is 1. The molecule has 1 saturated heterocycles. The quantitative estimate of drug-likeness (QED) is 0.808. The number of ether oxygens (including phenoxy) is 1. The summed E-state index contributed by atoms with van der Waals surface area (Å²) in [6, 6.07) is 0.878. The first kappa shape index (κ1) is 15.8. The molecule has 0 spiro atoms. The maximum absolute atomic E-state index is 5.77. The molecule has 1 atom stereocenters. The zero-order valence-corrected chi connectivity index (χ0v) is 13.2. The smallest absolute Gasteiger partial charge is 0.323 e. The van der Waals surface area contributed by atoms with Crippen molar-refractivity contribution in [2.75, 3.05) is 43.4 Å². The highest BCUT2D eigenvalue weighted by Gasteiger charge is 2.28. The molecule has 0 aliphatic carbocycles. The average Bonchev–Trinajstić information content (AvgIpc) is 2.96. The first-order valence-electron chi connectivity index (χ1n) is 7.81. The van der Waals surface area contributed by atoms with E-state index in [1.54, 1.807) is 0 Å². The molecule has 1 aliphatic heterocycles. The van der Waals surface area contributed by atoms with E-state index in [2.05, 4.69) is 38.6 Å². The first-order valence-corrected chi connectivity index (χ1v) is 7.81. The van der Waals surface area contributed by atoms with Gasteiger partial charge in [0.25, 0.3) is 0 Å². The molecule has 1 aliphatic rings. The standard InChI is InChI=1S/C14H26N6O/c1-4-9-21-14-17-12(15)16-13(18-14)20-8-7-11(10-20)19(5-2)6-3/h11H,4-10H2,1-3H3,(H2,15,16,17,18). The molecule has 2 rings (SSSR count). The molecule has 0 aromatic carbocycles. The van der Waals surface area contributed by atoms with Crippen LogP contribution in [0.2, 0.25) is 0 Å². The lowest BCUT2D eigenvalue weighted by Crippen LogP contribution is -2.37. The van der Waals surface area contributed by atoms with Crippen molar-refractivity contribution in [3.63, 3.8) is 0 Å². The number of hydrogen-bond donors (Lipinski definition) is 1. The SMILES string of the molecule is CCCOc1nc(N)nc(N2CCC(N(CC)CC)C2)n1. The van der Waals surface area contributed by atoms with Crippen molar-refractivity contribution in [2.45, 2.75) is 39.7 Å². The Morgan fingerprint density at radius 3 is 2.67 bits per heavy atom. The molecule has 1 unspecified atom stereocenters. The maximum atomic E-state index is 5.77. The number of aromatic nitrogens is 3. The van der Waals surface area contributed by atoms with Gasteiger partial charge in [-0.15, -0.1) is 0 Å². The Morgan fingerprint density at radius 1 is 1.24 bits per heavy atom. The average molecular weight is 294 g/mol. The van der Waals surface area contributed by atoms with Gasteiger partial charge in [0.15, 0.2) is 0 Å². The van der Waals surface area contributed by atoms with Crippen LogP contribution in [0.5, 0.6) is 6.01 Å². The Hall–Kier alpha value is -1.63. The molecule has 0 amide bonds. The molecule has 1 fully saturated rings. The van der Waals surface area contributed by atoms with Gasteiger partial charge in [-0.1, -0.05) is 20.8 Å². The van der Waals surface area contributed by atoms with Crippen LogP contribution in [0.25, 0.3) is 0 Å². The highest BCUT2D eigenvalue weighted by Crippen LogP contribution is 2.21. The fourth-order valence-electron chi connectivity index (χ4n) is 2.72. The Labute approximate surface area is 126 Å². The van der Waals surface area contributed by atoms with Gasteiger partial charge in [-0.2, -0.15) is 15.0 Å². The molecular weight excluding hydrogens is 268 g/mol. The fraction of sp³-hybridized carbons (Fsp3) is 0.786. The van der Waals surface area contributed by atoms with Crippen LogP contribution in [0.1, 0.15) is 33.6 Å². The highest BCUT2D eigenvalue weighted by atomic mass is 16.5. The van der Waals surface area contributed by atoms with Crippen LogP contribution in [0, 0.1) is 0 Å². The minimum Gasteiger partial charge on any atom is -0.463 e. The number of rotatable bonds is 7. The molecule has 2 heterocycles. The van der Waals surface area contributed by atoms with Gasteiger partial charge < -0.3 is 15.4 Å². The van der Waals surface area contributed by atoms with Gasteiger partial charge >= 0.3 is 6.01 Å². The van der Waals surface area contributed by atoms with E-state index in [0.717, 1.165) is 39.0 Å². The lowest BCUT2D eigenvalue weighted by atomic mass is 10.2. The molecule has 1 aromatic rings. The van der Waals surface area contributed by atoms with E-state index < -0.39 is 0 Å². The first-order chi connectivity index (χ1) is 10.2. The van der Waals surface area contributed by atoms with Crippen molar-refractivity contribution in [3.8, 4) is 6.01 Å². The third-order valence-electron chi connectivity index (χ3n) is 3.83. The Kier molecular flexibility index (Phi) is 5.55. The molecule has 7 nitrogen and oxygen atoms in total. The lowest BCUT2D eigenvalue weighted by molar-refractivity contribution is 0.232. The number of anilines is 2. The summed E-state index contributed by atoms with van der Waals surface area (Å²) in [5.74, 6) is 0.848. The van der Waals surface area contributed by atoms with E-state index in [9.17, 15) is 0 Å². The second-order valence-electron chi connectivity index (χ2n) is 5.23. The maximum Gasteiger partial charge on any atom is 0.323 e. The summed E-state index contributed by atoms with van der Waals surface area (Å²) in [4.78, 5) is 17.3. The van der Waals surface area contributed by atoms with Gasteiger partial charge in [-0.05, 0) is 25.9 Å². The van der Waals surface area contributed by atoms with Gasteiger partial charge in [0, 0.05) is 19.1 Å². The van der Waals surface area contributed by atoms with Crippen molar-refractivity contribution >= 4 is 11.9 Å². The number of nitrogen functional groups attached to an aromatic ring is 1. The van der Waals surface area contributed by atoms with Crippen molar-refractivity contribution in [1.82, 2.24) is 19.9 Å². The topological polar surface area (TPSA) is 80.4 Å². The normalized spacial score (nSPS) is 18.5. The van der Waals surface area contributed by atoms with Crippen molar-refractivity contribution < 1.29 is 4.74 Å². The third kappa shape index (κ3) is 3.93. The minimum atomic E-state index is 0.220. The van der Waals surface area contributed by atoms with Crippen molar-refractivity contribution in [1.29, 1.82) is 0 Å². The fourth-order valence-corrected chi connectivity index (χ4v) is 2.72. The van der Waals surface area contributed by atoms with Crippen LogP contribution in [0.15, 0.2) is 0 Å². The van der Waals surface area contributed by atoms with E-state index in [1.165, 1.54) is 0 Å². The molecule has 21 heavy (non-hydrogen) atoms. The Balaban J connectivity index is 2.06. The van der Waals surface area contributed by atoms with Crippen LogP contribution in [0.4, 0.5) is 11.9 Å². The van der Waals surface area contributed by atoms with E-state index in [-0.39, 0.29) is 5.95 Å². The monoisotopic (exact) mass is 294 g/mol. The van der Waals surface area contributed by atoms with E-state index in [1.807, 2.05) is 6.92 Å². The third-order valence-corrected chi connectivity index (χ3v) is 3.83. The van der Waals surface area contributed by atoms with E-state index in [0.29, 0.717) is 24.6 Å². The number of hydrogen-bond acceptors (Lipinski definition) is 7. The summed E-state index contributed by atoms with van der Waals surface area (Å²) in [5.41, 5.74) is 5.77. The molecule has 0 radical (unpaired) electrons. The van der Waals surface area contributed by atoms with Crippen molar-refractivity contribution in [2.24, 2.45) is 0 Å². The minimum absolute atomic E-state index is 0.220. The van der Waals surface area contributed by atoms with Crippen LogP contribution in [0.3, 0.4) is 0 Å². The van der Waals surface area contributed by atoms with Gasteiger partial charge in [0.05, 0.1) is 6.61 Å². The predicted molar refractivity (Wildman–Crippen MR) is 83.6 cm³/mol. The van der Waals surface area contributed by atoms with Crippen LogP contribution in [-0.2, 0) is 0 Å². The van der Waals surface area contributed by atoms with Gasteiger partial charge in [-0.25, -0.2) is 0 Å². The van der Waals surface area contributed by atoms with Gasteiger partial charge in [-0.3, -0.25) is 4.90 Å². The zero-order chi connectivity index (χ0) is 15.2. The summed E-state index contributed by atoms with van der Waals surface area (Å²) in [5, 5.41) is 0. The molecule has 7 heteroatoms. The lowest BCUT2D eigenvalue weighted by Gasteiger charge is -2.26. The number of nitrogens with two attached hydrogens (primary N) is 1. The molecule has 1 aromatic heterocycles. The zero-order valence-electron chi connectivity index (χ0n) is 13.2. The second kappa shape index (κ2) is 7.40. The molecule has 118 valence electrons. The Bertz CT molecular complexity index is 451. The summed E-state index contributed by atoms with van der Waals surface area (Å²) < 4.78 is 5.47. The predicted octanol–water partition coefficient (Wildman–Crippen LogP) is 1.16. The van der Waals surface area contributed by atoms with Gasteiger partial charge in [0.1, 0.15) is 0 Å². The largest absolute Gasteiger partial charge is 0.463 e. The summed E-state index contributed by atoms with van der Waals surface area (Å²) in [7, 11) is 0. The number of nitrogens with zero attached hydrogens (tertiary/aromatic N) is 5. The highest BCUT2D eigenvalue weighted by molar-refractivity contribution is 5.37. The van der Waals surface area contributed by atoms with Crippen LogP contribution >= 0.6 is 0 Å². The molecule has 0 bridgehead atoms. The summed E-state index contributed by atoms with van der Waals surface area (Å²) >= 11 is 0.